The second kappa shape index (κ2) is 8.13. The van der Waals surface area contributed by atoms with Crippen LogP contribution in [0.4, 0.5) is 0 Å². The summed E-state index contributed by atoms with van der Waals surface area (Å²) < 4.78 is 7.78. The van der Waals surface area contributed by atoms with E-state index in [1.54, 1.807) is 10.9 Å². The molecule has 2 heterocycles. The molecule has 3 rings (SSSR count). The summed E-state index contributed by atoms with van der Waals surface area (Å²) in [6, 6.07) is 9.95. The molecular weight excluding hydrogens is 340 g/mol. The van der Waals surface area contributed by atoms with Crippen molar-refractivity contribution >= 4 is 5.91 Å². The number of rotatable bonds is 6. The fraction of sp³-hybridized carbons (Fsp3) is 0.524. The quantitative estimate of drug-likeness (QED) is 0.767. The molecule has 1 aromatic carbocycles. The molecule has 0 unspecified atom stereocenters. The number of ether oxygens (including phenoxy) is 1. The third-order valence-corrected chi connectivity index (χ3v) is 5.14. The molecule has 0 atom stereocenters. The molecule has 146 valence electrons. The monoisotopic (exact) mass is 370 g/mol. The number of carbonyl (C=O) groups is 1. The lowest BCUT2D eigenvalue weighted by Gasteiger charge is -2.36. The predicted octanol–water partition coefficient (Wildman–Crippen LogP) is 2.45. The van der Waals surface area contributed by atoms with Gasteiger partial charge in [0.05, 0.1) is 6.54 Å². The molecule has 0 aliphatic carbocycles. The number of nitrogens with zero attached hydrogens (tertiary/aromatic N) is 2. The van der Waals surface area contributed by atoms with E-state index < -0.39 is 5.54 Å². The molecule has 2 aromatic rings. The van der Waals surface area contributed by atoms with Crippen LogP contribution < -0.4 is 15.4 Å². The maximum absolute atomic E-state index is 13.0. The van der Waals surface area contributed by atoms with E-state index in [4.69, 9.17) is 4.74 Å². The van der Waals surface area contributed by atoms with Crippen LogP contribution in [0, 0.1) is 0 Å². The van der Waals surface area contributed by atoms with Gasteiger partial charge in [0.1, 0.15) is 17.9 Å². The average Bonchev–Trinajstić information content (AvgIpc) is 3.20. The van der Waals surface area contributed by atoms with Crippen LogP contribution in [0.3, 0.4) is 0 Å². The van der Waals surface area contributed by atoms with Gasteiger partial charge in [0.25, 0.3) is 0 Å². The fourth-order valence-corrected chi connectivity index (χ4v) is 3.62. The number of carbonyl (C=O) groups excluding carboxylic acids is 1. The predicted molar refractivity (Wildman–Crippen MR) is 106 cm³/mol. The first kappa shape index (κ1) is 19.4. The number of hydrogen-bond donors (Lipinski definition) is 2. The van der Waals surface area contributed by atoms with Crippen LogP contribution in [0.15, 0.2) is 42.7 Å². The van der Waals surface area contributed by atoms with E-state index >= 15 is 0 Å². The van der Waals surface area contributed by atoms with Gasteiger partial charge in [0, 0.05) is 12.4 Å². The Hall–Kier alpha value is -2.34. The van der Waals surface area contributed by atoms with Gasteiger partial charge in [0.15, 0.2) is 0 Å². The highest BCUT2D eigenvalue weighted by Crippen LogP contribution is 2.31. The minimum Gasteiger partial charge on any atom is -0.491 e. The van der Waals surface area contributed by atoms with Gasteiger partial charge in [-0.05, 0) is 49.0 Å². The van der Waals surface area contributed by atoms with Gasteiger partial charge in [-0.1, -0.05) is 39.0 Å². The topological polar surface area (TPSA) is 68.2 Å². The number of nitrogens with one attached hydrogen (secondary N) is 2. The molecule has 1 aliphatic heterocycles. The smallest absolute Gasteiger partial charge is 0.248 e. The molecule has 0 radical (unpaired) electrons. The summed E-state index contributed by atoms with van der Waals surface area (Å²) in [7, 11) is 0. The molecule has 6 heteroatoms. The third kappa shape index (κ3) is 4.33. The highest BCUT2D eigenvalue weighted by Gasteiger charge is 2.41. The zero-order valence-corrected chi connectivity index (χ0v) is 16.5. The third-order valence-electron chi connectivity index (χ3n) is 5.14. The summed E-state index contributed by atoms with van der Waals surface area (Å²) in [5, 5.41) is 10.7. The first-order chi connectivity index (χ1) is 12.9. The van der Waals surface area contributed by atoms with Crippen LogP contribution in [0.1, 0.15) is 39.2 Å². The molecule has 1 amide bonds. The van der Waals surface area contributed by atoms with E-state index in [1.807, 2.05) is 30.5 Å². The van der Waals surface area contributed by atoms with Crippen molar-refractivity contribution in [1.29, 1.82) is 0 Å². The van der Waals surface area contributed by atoms with E-state index in [2.05, 4.69) is 42.6 Å². The van der Waals surface area contributed by atoms with Crippen LogP contribution in [-0.2, 0) is 15.7 Å². The van der Waals surface area contributed by atoms with Gasteiger partial charge < -0.3 is 15.4 Å². The van der Waals surface area contributed by atoms with E-state index in [-0.39, 0.29) is 11.3 Å². The number of benzene rings is 1. The highest BCUT2D eigenvalue weighted by atomic mass is 16.5. The van der Waals surface area contributed by atoms with E-state index in [9.17, 15) is 4.79 Å². The Morgan fingerprint density at radius 2 is 2.00 bits per heavy atom. The Balaban J connectivity index is 1.60. The molecule has 0 bridgehead atoms. The average molecular weight is 370 g/mol. The molecule has 2 N–H and O–H groups in total. The molecule has 27 heavy (non-hydrogen) atoms. The van der Waals surface area contributed by atoms with Crippen molar-refractivity contribution in [3.63, 3.8) is 0 Å². The molecule has 0 spiro atoms. The molecule has 1 aromatic heterocycles. The molecule has 1 fully saturated rings. The van der Waals surface area contributed by atoms with Crippen molar-refractivity contribution < 1.29 is 9.53 Å². The van der Waals surface area contributed by atoms with Crippen LogP contribution in [-0.4, -0.2) is 41.9 Å². The molecular formula is C21H30N4O2. The van der Waals surface area contributed by atoms with Crippen molar-refractivity contribution in [3.8, 4) is 5.75 Å². The molecule has 1 aliphatic rings. The van der Waals surface area contributed by atoms with E-state index in [0.717, 1.165) is 31.7 Å². The Labute approximate surface area is 161 Å². The van der Waals surface area contributed by atoms with Gasteiger partial charge in [-0.25, -0.2) is 0 Å². The highest BCUT2D eigenvalue weighted by molar-refractivity contribution is 5.84. The van der Waals surface area contributed by atoms with Gasteiger partial charge in [-0.2, -0.15) is 5.10 Å². The first-order valence-corrected chi connectivity index (χ1v) is 9.65. The standard InChI is InChI=1S/C21H30N4O2/c1-20(2,3)17-7-4-5-8-18(17)27-16-14-23-19(26)21(9-12-22-13-10-21)25-15-6-11-24-25/h4-8,11,15,22H,9-10,12-14,16H2,1-3H3,(H,23,26). The van der Waals surface area contributed by atoms with Gasteiger partial charge >= 0.3 is 0 Å². The summed E-state index contributed by atoms with van der Waals surface area (Å²) in [6.45, 7) is 9.03. The molecule has 6 nitrogen and oxygen atoms in total. The van der Waals surface area contributed by atoms with Gasteiger partial charge in [-0.15, -0.1) is 0 Å². The van der Waals surface area contributed by atoms with Gasteiger partial charge in [0.2, 0.25) is 5.91 Å². The van der Waals surface area contributed by atoms with E-state index in [0.29, 0.717) is 13.2 Å². The number of hydrogen-bond acceptors (Lipinski definition) is 4. The van der Waals surface area contributed by atoms with Crippen LogP contribution in [0.25, 0.3) is 0 Å². The summed E-state index contributed by atoms with van der Waals surface area (Å²) in [5.74, 6) is 0.892. The molecule has 1 saturated heterocycles. The Morgan fingerprint density at radius 1 is 1.26 bits per heavy atom. The Morgan fingerprint density at radius 3 is 2.67 bits per heavy atom. The van der Waals surface area contributed by atoms with Crippen LogP contribution in [0.2, 0.25) is 0 Å². The van der Waals surface area contributed by atoms with Crippen molar-refractivity contribution in [2.24, 2.45) is 0 Å². The minimum atomic E-state index is -0.613. The fourth-order valence-electron chi connectivity index (χ4n) is 3.62. The lowest BCUT2D eigenvalue weighted by molar-refractivity contribution is -0.132. The largest absolute Gasteiger partial charge is 0.491 e. The van der Waals surface area contributed by atoms with Crippen molar-refractivity contribution in [1.82, 2.24) is 20.4 Å². The van der Waals surface area contributed by atoms with Crippen molar-refractivity contribution in [2.45, 2.75) is 44.6 Å². The Bertz CT molecular complexity index is 744. The number of aromatic nitrogens is 2. The zero-order valence-electron chi connectivity index (χ0n) is 16.5. The van der Waals surface area contributed by atoms with Gasteiger partial charge in [-0.3, -0.25) is 9.48 Å². The lowest BCUT2D eigenvalue weighted by atomic mass is 9.86. The maximum Gasteiger partial charge on any atom is 0.248 e. The number of piperidine rings is 1. The van der Waals surface area contributed by atoms with Crippen LogP contribution >= 0.6 is 0 Å². The molecule has 0 saturated carbocycles. The second-order valence-electron chi connectivity index (χ2n) is 8.08. The second-order valence-corrected chi connectivity index (χ2v) is 8.08. The normalized spacial score (nSPS) is 16.7. The summed E-state index contributed by atoms with van der Waals surface area (Å²) in [4.78, 5) is 13.0. The zero-order chi connectivity index (χ0) is 19.3. The minimum absolute atomic E-state index is 0.0130. The maximum atomic E-state index is 13.0. The number of amides is 1. The van der Waals surface area contributed by atoms with Crippen molar-refractivity contribution in [3.05, 3.63) is 48.3 Å². The van der Waals surface area contributed by atoms with Crippen molar-refractivity contribution in [2.75, 3.05) is 26.2 Å². The van der Waals surface area contributed by atoms with Crippen LogP contribution in [0.5, 0.6) is 5.75 Å². The first-order valence-electron chi connectivity index (χ1n) is 9.65. The Kier molecular flexibility index (Phi) is 5.85. The lowest BCUT2D eigenvalue weighted by Crippen LogP contribution is -2.55. The number of para-hydroxylation sites is 1. The summed E-state index contributed by atoms with van der Waals surface area (Å²) in [6.07, 6.45) is 5.06. The van der Waals surface area contributed by atoms with E-state index in [1.165, 1.54) is 5.56 Å². The summed E-state index contributed by atoms with van der Waals surface area (Å²) >= 11 is 0. The SMILES string of the molecule is CC(C)(C)c1ccccc1OCCNC(=O)C1(n2cccn2)CCNCC1. The summed E-state index contributed by atoms with van der Waals surface area (Å²) in [5.41, 5.74) is 0.569.